The van der Waals surface area contributed by atoms with Crippen LogP contribution in [0.25, 0.3) is 0 Å². The van der Waals surface area contributed by atoms with Crippen molar-refractivity contribution in [2.75, 3.05) is 13.2 Å². The fraction of sp³-hybridized carbons (Fsp3) is 0.238. The van der Waals surface area contributed by atoms with Crippen molar-refractivity contribution in [3.8, 4) is 11.8 Å². The molecule has 7 rings (SSSR count). The van der Waals surface area contributed by atoms with Crippen molar-refractivity contribution < 1.29 is 57.2 Å². The van der Waals surface area contributed by atoms with Crippen LogP contribution in [0, 0.1) is 25.5 Å². The lowest BCUT2D eigenvalue weighted by Gasteiger charge is -2.15. The average Bonchev–Trinajstić information content (AvgIpc) is 3.65. The number of aryl methyl sites for hydroxylation is 2. The molecule has 0 saturated carbocycles. The third kappa shape index (κ3) is 8.96. The van der Waals surface area contributed by atoms with Gasteiger partial charge in [0, 0.05) is 25.2 Å². The summed E-state index contributed by atoms with van der Waals surface area (Å²) in [6.07, 6.45) is 3.46. The van der Waals surface area contributed by atoms with Crippen molar-refractivity contribution in [2.45, 2.75) is 53.6 Å². The van der Waals surface area contributed by atoms with Crippen molar-refractivity contribution in [2.24, 2.45) is 0 Å². The molecule has 2 N–H and O–H groups in total. The highest BCUT2D eigenvalue weighted by molar-refractivity contribution is 6.30. The number of carbonyl (C=O) groups excluding carboxylic acids is 6. The Balaban J connectivity index is 0.000000175. The Morgan fingerprint density at radius 1 is 0.655 bits per heavy atom. The van der Waals surface area contributed by atoms with Gasteiger partial charge in [-0.25, -0.2) is 23.4 Å². The number of rotatable bonds is 8. The zero-order valence-corrected chi connectivity index (χ0v) is 31.9. The molecular weight excluding hydrogens is 758 g/mol. The van der Waals surface area contributed by atoms with Crippen molar-refractivity contribution >= 4 is 35.3 Å². The van der Waals surface area contributed by atoms with E-state index in [1.54, 1.807) is 52.0 Å². The summed E-state index contributed by atoms with van der Waals surface area (Å²) in [6.45, 7) is 7.48. The molecule has 5 aromatic rings. The number of likely N-dealkylation sites (tertiary alicyclic amines) is 1. The van der Waals surface area contributed by atoms with E-state index in [2.05, 4.69) is 9.97 Å². The molecule has 0 radical (unpaired) electrons. The molecule has 0 spiro atoms. The Kier molecular flexibility index (Phi) is 13.2. The summed E-state index contributed by atoms with van der Waals surface area (Å²) < 4.78 is 36.5. The minimum Gasteiger partial charge on any atom is -0.494 e. The minimum atomic E-state index is -0.621. The van der Waals surface area contributed by atoms with Crippen LogP contribution in [-0.4, -0.2) is 78.2 Å². The molecular formula is C42H38F2N4O10. The lowest BCUT2D eigenvalue weighted by atomic mass is 9.87. The summed E-state index contributed by atoms with van der Waals surface area (Å²) in [5.41, 5.74) is 2.30. The number of pyridine rings is 2. The third-order valence-electron chi connectivity index (χ3n) is 9.03. The number of aromatic hydroxyl groups is 2. The maximum Gasteiger partial charge on any atom is 0.357 e. The molecule has 1 fully saturated rings. The maximum absolute atomic E-state index is 13.1. The van der Waals surface area contributed by atoms with Gasteiger partial charge in [0.1, 0.15) is 22.9 Å². The number of ketones is 2. The number of hydrogen-bond donors (Lipinski definition) is 2. The predicted molar refractivity (Wildman–Crippen MR) is 201 cm³/mol. The molecule has 2 aliphatic rings. The van der Waals surface area contributed by atoms with Crippen LogP contribution in [0.3, 0.4) is 0 Å². The highest BCUT2D eigenvalue weighted by Crippen LogP contribution is 2.41. The van der Waals surface area contributed by atoms with Gasteiger partial charge >= 0.3 is 11.9 Å². The Labute approximate surface area is 330 Å². The Morgan fingerprint density at radius 2 is 1.14 bits per heavy atom. The van der Waals surface area contributed by atoms with E-state index in [0.29, 0.717) is 29.5 Å². The second kappa shape index (κ2) is 18.2. The van der Waals surface area contributed by atoms with Gasteiger partial charge in [0.25, 0.3) is 0 Å². The fourth-order valence-electron chi connectivity index (χ4n) is 6.15. The Hall–Kier alpha value is -7.10. The van der Waals surface area contributed by atoms with E-state index in [0.717, 1.165) is 10.1 Å². The van der Waals surface area contributed by atoms with Crippen LogP contribution in [0.1, 0.15) is 102 Å². The number of hydrogen-bond acceptors (Lipinski definition) is 12. The molecule has 3 aromatic heterocycles. The van der Waals surface area contributed by atoms with E-state index in [9.17, 15) is 47.8 Å². The molecule has 2 amide bonds. The molecule has 4 heterocycles. The first kappa shape index (κ1) is 42.1. The number of carbonyl (C=O) groups is 6. The summed E-state index contributed by atoms with van der Waals surface area (Å²) in [5.74, 6) is -4.42. The summed E-state index contributed by atoms with van der Waals surface area (Å²) in [5, 5.41) is 21.0. The second-order valence-corrected chi connectivity index (χ2v) is 12.9. The highest BCUT2D eigenvalue weighted by atomic mass is 19.1. The number of halogens is 2. The standard InChI is InChI=1S/C19H13FN2O4.C12H15NO4.C11H10FNO2/c1-9-6-7-21-15-12(9)16(23)13-14(17(15)24)19(26)22(18(13)25)8-10-2-4-11(20)5-3-10;1-4-16-11(14)9-8(3)6-7-13-10(9)12(15)17-5-2;12-9-3-1-8(2-4-9)7-13-10(14)5-6-11(13)15/h2-7,25-26H,8H2,1H3;6-7H,4-5H2,1-3H3;1-4H,5-7H2. The molecule has 16 heteroatoms. The van der Waals surface area contributed by atoms with Crippen LogP contribution in [0.4, 0.5) is 8.78 Å². The van der Waals surface area contributed by atoms with Crippen molar-refractivity contribution in [1.29, 1.82) is 0 Å². The van der Waals surface area contributed by atoms with Crippen LogP contribution in [-0.2, 0) is 32.2 Å². The van der Waals surface area contributed by atoms with Gasteiger partial charge in [0.05, 0.1) is 43.0 Å². The molecule has 0 bridgehead atoms. The monoisotopic (exact) mass is 796 g/mol. The van der Waals surface area contributed by atoms with Crippen molar-refractivity contribution in [1.82, 2.24) is 19.4 Å². The van der Waals surface area contributed by atoms with Crippen molar-refractivity contribution in [3.05, 3.63) is 141 Å². The molecule has 2 aromatic carbocycles. The Bertz CT molecular complexity index is 2390. The Morgan fingerprint density at radius 3 is 1.69 bits per heavy atom. The number of amides is 2. The van der Waals surface area contributed by atoms with Gasteiger partial charge in [-0.05, 0) is 86.3 Å². The van der Waals surface area contributed by atoms with E-state index in [1.165, 1.54) is 53.7 Å². The number of benzene rings is 2. The van der Waals surface area contributed by atoms with Crippen LogP contribution in [0.15, 0.2) is 73.1 Å². The van der Waals surface area contributed by atoms with E-state index >= 15 is 0 Å². The summed E-state index contributed by atoms with van der Waals surface area (Å²) in [6, 6.07) is 14.5. The lowest BCUT2D eigenvalue weighted by molar-refractivity contribution is -0.139. The highest BCUT2D eigenvalue weighted by Gasteiger charge is 2.40. The van der Waals surface area contributed by atoms with Gasteiger partial charge in [-0.2, -0.15) is 0 Å². The molecule has 58 heavy (non-hydrogen) atoms. The van der Waals surface area contributed by atoms with Gasteiger partial charge in [-0.1, -0.05) is 24.3 Å². The number of aromatic nitrogens is 3. The molecule has 1 aliphatic carbocycles. The van der Waals surface area contributed by atoms with E-state index < -0.39 is 41.1 Å². The number of ether oxygens (including phenoxy) is 2. The topological polar surface area (TPSA) is 195 Å². The summed E-state index contributed by atoms with van der Waals surface area (Å²) in [4.78, 5) is 80.6. The van der Waals surface area contributed by atoms with Gasteiger partial charge in [-0.15, -0.1) is 0 Å². The van der Waals surface area contributed by atoms with Gasteiger partial charge in [0.15, 0.2) is 5.69 Å². The smallest absolute Gasteiger partial charge is 0.357 e. The van der Waals surface area contributed by atoms with Gasteiger partial charge in [-0.3, -0.25) is 33.6 Å². The fourth-order valence-corrected chi connectivity index (χ4v) is 6.15. The normalized spacial score (nSPS) is 12.8. The van der Waals surface area contributed by atoms with Crippen LogP contribution in [0.5, 0.6) is 11.8 Å². The van der Waals surface area contributed by atoms with E-state index in [1.807, 2.05) is 0 Å². The quantitative estimate of drug-likeness (QED) is 0.139. The first-order chi connectivity index (χ1) is 27.7. The predicted octanol–water partition coefficient (Wildman–Crippen LogP) is 5.78. The van der Waals surface area contributed by atoms with Crippen LogP contribution >= 0.6 is 0 Å². The zero-order valence-electron chi connectivity index (χ0n) is 31.9. The number of nitrogens with zero attached hydrogens (tertiary/aromatic N) is 4. The van der Waals surface area contributed by atoms with Crippen molar-refractivity contribution in [3.63, 3.8) is 0 Å². The molecule has 0 unspecified atom stereocenters. The second-order valence-electron chi connectivity index (χ2n) is 12.9. The first-order valence-electron chi connectivity index (χ1n) is 18.0. The maximum atomic E-state index is 13.1. The number of fused-ring (bicyclic) bond motifs is 2. The van der Waals surface area contributed by atoms with Gasteiger partial charge < -0.3 is 19.7 Å². The molecule has 1 aliphatic heterocycles. The molecule has 1 saturated heterocycles. The number of imide groups is 1. The zero-order chi connectivity index (χ0) is 42.3. The number of esters is 2. The van der Waals surface area contributed by atoms with Gasteiger partial charge in [0.2, 0.25) is 35.1 Å². The largest absolute Gasteiger partial charge is 0.494 e. The van der Waals surface area contributed by atoms with E-state index in [-0.39, 0.29) is 77.6 Å². The van der Waals surface area contributed by atoms with Crippen LogP contribution in [0.2, 0.25) is 0 Å². The third-order valence-corrected chi connectivity index (χ3v) is 9.03. The van der Waals surface area contributed by atoms with E-state index in [4.69, 9.17) is 9.47 Å². The average molecular weight is 797 g/mol. The molecule has 14 nitrogen and oxygen atoms in total. The minimum absolute atomic E-state index is 0.00491. The summed E-state index contributed by atoms with van der Waals surface area (Å²) in [7, 11) is 0. The van der Waals surface area contributed by atoms with Crippen LogP contribution < -0.4 is 0 Å². The summed E-state index contributed by atoms with van der Waals surface area (Å²) >= 11 is 0. The molecule has 0 atom stereocenters. The first-order valence-corrected chi connectivity index (χ1v) is 18.0. The SMILES string of the molecule is CCOC(=O)c1nccc(C)c1C(=O)OCC.Cc1ccnc2c1C(=O)c1c(c(O)n(Cc3ccc(F)cc3)c1O)C2=O.O=C1CCC(=O)N1Cc1ccc(F)cc1. The lowest BCUT2D eigenvalue weighted by Crippen LogP contribution is -2.28. The molecule has 300 valence electrons.